The average molecular weight is 500 g/mol. The van der Waals surface area contributed by atoms with Gasteiger partial charge in [-0.25, -0.2) is 0 Å². The largest absolute Gasteiger partial charge is 0.494 e. The van der Waals surface area contributed by atoms with Crippen molar-refractivity contribution >= 4 is 23.2 Å². The topological polar surface area (TPSA) is 21.3 Å². The van der Waals surface area contributed by atoms with Crippen molar-refractivity contribution in [2.45, 2.75) is 39.0 Å². The molecule has 2 nitrogen and oxygen atoms in total. The van der Waals surface area contributed by atoms with Crippen LogP contribution in [-0.4, -0.2) is 6.61 Å². The Morgan fingerprint density at radius 2 is 1.49 bits per heavy atom. The Morgan fingerprint density at radius 1 is 0.800 bits per heavy atom. The quantitative estimate of drug-likeness (QED) is 0.274. The van der Waals surface area contributed by atoms with Gasteiger partial charge in [-0.15, -0.1) is 12.4 Å². The van der Waals surface area contributed by atoms with Gasteiger partial charge in [0.05, 0.1) is 12.2 Å². The van der Waals surface area contributed by atoms with E-state index >= 15 is 0 Å². The first-order chi connectivity index (χ1) is 16.3. The van der Waals surface area contributed by atoms with Crippen LogP contribution in [0, 0.1) is 0 Å². The van der Waals surface area contributed by atoms with Crippen LogP contribution in [0.15, 0.2) is 84.9 Å². The molecule has 4 aromatic carbocycles. The van der Waals surface area contributed by atoms with Crippen molar-refractivity contribution in [3.63, 3.8) is 0 Å². The number of halogens is 4. The molecule has 0 saturated carbocycles. The van der Waals surface area contributed by atoms with Crippen molar-refractivity contribution in [2.24, 2.45) is 0 Å². The predicted molar refractivity (Wildman–Crippen MR) is 139 cm³/mol. The van der Waals surface area contributed by atoms with Crippen LogP contribution in [-0.2, 0) is 6.18 Å². The molecule has 0 aromatic heterocycles. The second-order valence-corrected chi connectivity index (χ2v) is 8.48. The summed E-state index contributed by atoms with van der Waals surface area (Å²) in [5.41, 5.74) is 3.23. The van der Waals surface area contributed by atoms with E-state index < -0.39 is 11.7 Å². The summed E-state index contributed by atoms with van der Waals surface area (Å²) in [7, 11) is 0. The smallest absolute Gasteiger partial charge is 0.416 e. The molecule has 0 heterocycles. The van der Waals surface area contributed by atoms with Gasteiger partial charge >= 0.3 is 6.18 Å². The fourth-order valence-corrected chi connectivity index (χ4v) is 4.27. The van der Waals surface area contributed by atoms with E-state index in [9.17, 15) is 13.2 Å². The molecule has 4 aromatic rings. The molecule has 35 heavy (non-hydrogen) atoms. The first-order valence-corrected chi connectivity index (χ1v) is 11.5. The first-order valence-electron chi connectivity index (χ1n) is 11.5. The van der Waals surface area contributed by atoms with Crippen LogP contribution in [0.1, 0.15) is 49.5 Å². The molecule has 4 rings (SSSR count). The number of ether oxygens (including phenoxy) is 1. The Kier molecular flexibility index (Phi) is 8.47. The lowest BCUT2D eigenvalue weighted by Gasteiger charge is -2.23. The maximum absolute atomic E-state index is 13.1. The highest BCUT2D eigenvalue weighted by Crippen LogP contribution is 2.35. The molecule has 0 spiro atoms. The number of benzene rings is 4. The Morgan fingerprint density at radius 3 is 2.17 bits per heavy atom. The highest BCUT2D eigenvalue weighted by Gasteiger charge is 2.30. The zero-order valence-corrected chi connectivity index (χ0v) is 20.7. The number of rotatable bonds is 7. The highest BCUT2D eigenvalue weighted by atomic mass is 35.5. The van der Waals surface area contributed by atoms with Crippen molar-refractivity contribution in [3.05, 3.63) is 102 Å². The van der Waals surface area contributed by atoms with Gasteiger partial charge in [0.2, 0.25) is 0 Å². The minimum Gasteiger partial charge on any atom is -0.494 e. The zero-order valence-electron chi connectivity index (χ0n) is 19.9. The van der Waals surface area contributed by atoms with Gasteiger partial charge < -0.3 is 10.1 Å². The molecule has 0 aliphatic rings. The number of hydrogen-bond acceptors (Lipinski definition) is 2. The molecule has 2 atom stereocenters. The van der Waals surface area contributed by atoms with Crippen LogP contribution >= 0.6 is 12.4 Å². The summed E-state index contributed by atoms with van der Waals surface area (Å²) in [6.07, 6.45) is -4.35. The van der Waals surface area contributed by atoms with Crippen molar-refractivity contribution in [1.29, 1.82) is 0 Å². The van der Waals surface area contributed by atoms with E-state index in [2.05, 4.69) is 37.4 Å². The normalized spacial score (nSPS) is 13.2. The number of nitrogens with one attached hydrogen (secondary N) is 1. The van der Waals surface area contributed by atoms with Crippen molar-refractivity contribution in [2.75, 3.05) is 6.61 Å². The summed E-state index contributed by atoms with van der Waals surface area (Å²) in [6.45, 7) is 6.79. The van der Waals surface area contributed by atoms with Crippen molar-refractivity contribution in [3.8, 4) is 16.9 Å². The molecule has 1 N–H and O–H groups in total. The van der Waals surface area contributed by atoms with E-state index in [4.69, 9.17) is 4.74 Å². The highest BCUT2D eigenvalue weighted by molar-refractivity contribution is 5.97. The maximum Gasteiger partial charge on any atom is 0.416 e. The van der Waals surface area contributed by atoms with Crippen LogP contribution in [0.4, 0.5) is 13.2 Å². The SMILES string of the molecule is CCOc1cccc([C@@H](C)NC(C)c2cc(-c3ccc(C(F)(F)F)cc3)c3ccccc3c2)c1.Cl. The summed E-state index contributed by atoms with van der Waals surface area (Å²) in [6, 6.07) is 25.7. The third-order valence-electron chi connectivity index (χ3n) is 6.08. The Hall–Kier alpha value is -3.02. The van der Waals surface area contributed by atoms with Gasteiger partial charge in [0.1, 0.15) is 5.75 Å². The zero-order chi connectivity index (χ0) is 24.3. The Balaban J connectivity index is 0.00000342. The second-order valence-electron chi connectivity index (χ2n) is 8.48. The lowest BCUT2D eigenvalue weighted by Crippen LogP contribution is -2.22. The molecular weight excluding hydrogens is 471 g/mol. The number of alkyl halides is 3. The van der Waals surface area contributed by atoms with Gasteiger partial charge in [-0.05, 0) is 90.2 Å². The molecule has 1 unspecified atom stereocenters. The molecule has 0 saturated heterocycles. The van der Waals surface area contributed by atoms with Crippen LogP contribution in [0.3, 0.4) is 0 Å². The van der Waals surface area contributed by atoms with E-state index in [-0.39, 0.29) is 24.5 Å². The minimum absolute atomic E-state index is 0. The Bertz CT molecular complexity index is 1270. The fraction of sp³-hybridized carbons (Fsp3) is 0.241. The summed E-state index contributed by atoms with van der Waals surface area (Å²) < 4.78 is 44.8. The van der Waals surface area contributed by atoms with Gasteiger partial charge in [0.15, 0.2) is 0 Å². The van der Waals surface area contributed by atoms with Crippen LogP contribution < -0.4 is 10.1 Å². The van der Waals surface area contributed by atoms with Crippen molar-refractivity contribution in [1.82, 2.24) is 5.32 Å². The lowest BCUT2D eigenvalue weighted by molar-refractivity contribution is -0.137. The molecular formula is C29H29ClF3NO. The Labute approximate surface area is 210 Å². The molecule has 0 amide bonds. The molecule has 184 valence electrons. The molecule has 0 bridgehead atoms. The third-order valence-corrected chi connectivity index (χ3v) is 6.08. The minimum atomic E-state index is -4.35. The monoisotopic (exact) mass is 499 g/mol. The van der Waals surface area contributed by atoms with Gasteiger partial charge in [-0.1, -0.05) is 48.5 Å². The summed E-state index contributed by atoms with van der Waals surface area (Å²) in [5.74, 6) is 0.844. The lowest BCUT2D eigenvalue weighted by atomic mass is 9.92. The van der Waals surface area contributed by atoms with E-state index in [1.165, 1.54) is 0 Å². The standard InChI is InChI=1S/C29H28F3NO.ClH/c1-4-34-26-10-7-9-22(17-26)19(2)33-20(3)24-16-23-8-5-6-11-27(23)28(18-24)21-12-14-25(15-13-21)29(30,31)32;/h5-20,33H,4H2,1-3H3;1H/t19-,20?;/m1./s1. The van der Waals surface area contributed by atoms with E-state index in [0.29, 0.717) is 6.61 Å². The van der Waals surface area contributed by atoms with Crippen LogP contribution in [0.5, 0.6) is 5.75 Å². The average Bonchev–Trinajstić information content (AvgIpc) is 2.83. The van der Waals surface area contributed by atoms with Crippen molar-refractivity contribution < 1.29 is 17.9 Å². The molecule has 0 aliphatic heterocycles. The van der Waals surface area contributed by atoms with E-state index in [1.54, 1.807) is 12.1 Å². The number of fused-ring (bicyclic) bond motifs is 1. The van der Waals surface area contributed by atoms with Gasteiger partial charge in [0.25, 0.3) is 0 Å². The third kappa shape index (κ3) is 6.16. The molecule has 0 aliphatic carbocycles. The van der Waals surface area contributed by atoms with Gasteiger partial charge in [0, 0.05) is 12.1 Å². The first kappa shape index (κ1) is 26.6. The van der Waals surface area contributed by atoms with Crippen LogP contribution in [0.2, 0.25) is 0 Å². The van der Waals surface area contributed by atoms with E-state index in [0.717, 1.165) is 50.9 Å². The van der Waals surface area contributed by atoms with E-state index in [1.807, 2.05) is 49.4 Å². The van der Waals surface area contributed by atoms with Crippen LogP contribution in [0.25, 0.3) is 21.9 Å². The molecule has 0 radical (unpaired) electrons. The fourth-order valence-electron chi connectivity index (χ4n) is 4.27. The van der Waals surface area contributed by atoms with Gasteiger partial charge in [-0.2, -0.15) is 13.2 Å². The summed E-state index contributed by atoms with van der Waals surface area (Å²) in [4.78, 5) is 0. The summed E-state index contributed by atoms with van der Waals surface area (Å²) >= 11 is 0. The molecule has 0 fully saturated rings. The number of hydrogen-bond donors (Lipinski definition) is 1. The predicted octanol–water partition coefficient (Wildman–Crippen LogP) is 8.76. The van der Waals surface area contributed by atoms with Gasteiger partial charge in [-0.3, -0.25) is 0 Å². The second kappa shape index (κ2) is 11.1. The molecule has 6 heteroatoms. The summed E-state index contributed by atoms with van der Waals surface area (Å²) in [5, 5.41) is 5.71. The maximum atomic E-state index is 13.1.